The van der Waals surface area contributed by atoms with Gasteiger partial charge in [-0.05, 0) is 62.5 Å². The standard InChI is InChI=1S/C24H24Cl2FN3O3S/c1-2-24(27)12-20(23(24)6-3-7-23)30-13-16(11-18(30)21(31)29-22(14-28)8-9-22)34(32,33)19-5-4-15(25)10-17(19)26/h2,4-5,10,12,16,18H,1,3,6-9,11,13H2,(H,29,31). The van der Waals surface area contributed by atoms with E-state index in [1.807, 2.05) is 0 Å². The first-order chi connectivity index (χ1) is 16.0. The first kappa shape index (κ1) is 23.7. The van der Waals surface area contributed by atoms with Crippen molar-refractivity contribution in [3.63, 3.8) is 0 Å². The summed E-state index contributed by atoms with van der Waals surface area (Å²) in [6.45, 7) is 3.68. The minimum absolute atomic E-state index is 0.00935. The van der Waals surface area contributed by atoms with Crippen molar-refractivity contribution in [1.29, 1.82) is 5.26 Å². The molecule has 3 atom stereocenters. The Bertz CT molecular complexity index is 1270. The summed E-state index contributed by atoms with van der Waals surface area (Å²) >= 11 is 12.2. The summed E-state index contributed by atoms with van der Waals surface area (Å²) in [5, 5.41) is 11.6. The van der Waals surface area contributed by atoms with Crippen molar-refractivity contribution in [2.45, 2.75) is 65.9 Å². The predicted octanol–water partition coefficient (Wildman–Crippen LogP) is 4.34. The molecule has 1 aromatic carbocycles. The van der Waals surface area contributed by atoms with E-state index in [1.165, 1.54) is 30.4 Å². The number of nitriles is 1. The highest BCUT2D eigenvalue weighted by molar-refractivity contribution is 7.92. The Kier molecular flexibility index (Phi) is 5.36. The van der Waals surface area contributed by atoms with Crippen LogP contribution < -0.4 is 5.32 Å². The Labute approximate surface area is 208 Å². The molecule has 1 N–H and O–H groups in total. The third-order valence-corrected chi connectivity index (χ3v) is 10.8. The number of hydrogen-bond acceptors (Lipinski definition) is 5. The lowest BCUT2D eigenvalue weighted by Gasteiger charge is -2.60. The minimum atomic E-state index is -3.92. The summed E-state index contributed by atoms with van der Waals surface area (Å²) in [5.74, 6) is -0.413. The SMILES string of the molecule is C=CC1(F)C=C(N2CC(S(=O)(=O)c3ccc(Cl)cc3Cl)CC2C(=O)NC2(C#N)CC2)C12CCC2. The normalized spacial score (nSPS) is 30.5. The van der Waals surface area contributed by atoms with Gasteiger partial charge in [-0.1, -0.05) is 36.2 Å². The number of hydrogen-bond donors (Lipinski definition) is 1. The number of alkyl halides is 1. The van der Waals surface area contributed by atoms with E-state index >= 15 is 4.39 Å². The maximum Gasteiger partial charge on any atom is 0.243 e. The van der Waals surface area contributed by atoms with E-state index in [0.717, 1.165) is 6.42 Å². The molecule has 6 nitrogen and oxygen atoms in total. The number of carbonyl (C=O) groups excluding carboxylic acids is 1. The third kappa shape index (κ3) is 3.31. The van der Waals surface area contributed by atoms with E-state index in [2.05, 4.69) is 18.0 Å². The van der Waals surface area contributed by atoms with Crippen LogP contribution in [0.1, 0.15) is 38.5 Å². The molecule has 3 fully saturated rings. The molecule has 1 heterocycles. The lowest BCUT2D eigenvalue weighted by Crippen LogP contribution is -2.61. The summed E-state index contributed by atoms with van der Waals surface area (Å²) < 4.78 is 42.6. The largest absolute Gasteiger partial charge is 0.361 e. The molecule has 2 saturated carbocycles. The molecule has 1 aliphatic heterocycles. The van der Waals surface area contributed by atoms with Crippen LogP contribution in [0.4, 0.5) is 4.39 Å². The highest BCUT2D eigenvalue weighted by atomic mass is 35.5. The summed E-state index contributed by atoms with van der Waals surface area (Å²) in [4.78, 5) is 15.0. The molecule has 0 radical (unpaired) electrons. The summed E-state index contributed by atoms with van der Waals surface area (Å²) in [5.41, 5.74) is -2.70. The number of amides is 1. The van der Waals surface area contributed by atoms with Crippen molar-refractivity contribution in [2.75, 3.05) is 6.54 Å². The molecule has 1 aromatic rings. The van der Waals surface area contributed by atoms with Gasteiger partial charge in [-0.25, -0.2) is 12.8 Å². The van der Waals surface area contributed by atoms with Crippen molar-refractivity contribution in [3.8, 4) is 6.07 Å². The number of nitrogens with zero attached hydrogens (tertiary/aromatic N) is 2. The number of allylic oxidation sites excluding steroid dienone is 3. The van der Waals surface area contributed by atoms with E-state index in [-0.39, 0.29) is 22.9 Å². The van der Waals surface area contributed by atoms with Gasteiger partial charge in [0.25, 0.3) is 0 Å². The zero-order chi connectivity index (χ0) is 24.5. The summed E-state index contributed by atoms with van der Waals surface area (Å²) in [7, 11) is -3.92. The summed E-state index contributed by atoms with van der Waals surface area (Å²) in [6.07, 6.45) is 5.93. The number of rotatable bonds is 6. The van der Waals surface area contributed by atoms with Crippen LogP contribution in [0.2, 0.25) is 10.0 Å². The quantitative estimate of drug-likeness (QED) is 0.560. The maximum atomic E-state index is 15.5. The third-order valence-electron chi connectivity index (χ3n) is 7.92. The Balaban J connectivity index is 1.50. The zero-order valence-electron chi connectivity index (χ0n) is 18.4. The summed E-state index contributed by atoms with van der Waals surface area (Å²) in [6, 6.07) is 5.49. The molecule has 4 aliphatic rings. The highest BCUT2D eigenvalue weighted by Crippen LogP contribution is 2.65. The Morgan fingerprint density at radius 2 is 2.00 bits per heavy atom. The second-order valence-corrected chi connectivity index (χ2v) is 12.8. The van der Waals surface area contributed by atoms with Gasteiger partial charge in [0.1, 0.15) is 11.6 Å². The molecule has 180 valence electrons. The highest BCUT2D eigenvalue weighted by Gasteiger charge is 2.65. The second-order valence-electron chi connectivity index (χ2n) is 9.77. The van der Waals surface area contributed by atoms with E-state index in [0.29, 0.717) is 36.4 Å². The second kappa shape index (κ2) is 7.71. The minimum Gasteiger partial charge on any atom is -0.361 e. The number of carbonyl (C=O) groups is 1. The van der Waals surface area contributed by atoms with Crippen molar-refractivity contribution in [3.05, 3.63) is 52.7 Å². The number of halogens is 3. The Morgan fingerprint density at radius 1 is 1.29 bits per heavy atom. The Hall–Kier alpha value is -2.08. The van der Waals surface area contributed by atoms with Crippen LogP contribution in [-0.2, 0) is 14.6 Å². The van der Waals surface area contributed by atoms with E-state index in [4.69, 9.17) is 23.2 Å². The van der Waals surface area contributed by atoms with Gasteiger partial charge in [0, 0.05) is 17.3 Å². The van der Waals surface area contributed by atoms with Crippen LogP contribution in [0, 0.1) is 16.7 Å². The van der Waals surface area contributed by atoms with E-state index in [1.54, 1.807) is 4.90 Å². The molecule has 3 aliphatic carbocycles. The van der Waals surface area contributed by atoms with Gasteiger partial charge in [-0.15, -0.1) is 0 Å². The molecule has 10 heteroatoms. The first-order valence-corrected chi connectivity index (χ1v) is 13.6. The fraction of sp³-hybridized carbons (Fsp3) is 0.500. The zero-order valence-corrected chi connectivity index (χ0v) is 20.7. The monoisotopic (exact) mass is 523 g/mol. The van der Waals surface area contributed by atoms with Crippen LogP contribution in [0.15, 0.2) is 47.5 Å². The Morgan fingerprint density at radius 3 is 2.53 bits per heavy atom. The number of benzene rings is 1. The molecule has 0 bridgehead atoms. The fourth-order valence-electron chi connectivity index (χ4n) is 5.51. The maximum absolute atomic E-state index is 15.5. The van der Waals surface area contributed by atoms with Gasteiger partial charge in [-0.3, -0.25) is 4.79 Å². The molecular weight excluding hydrogens is 500 g/mol. The van der Waals surface area contributed by atoms with Crippen LogP contribution in [0.5, 0.6) is 0 Å². The number of sulfone groups is 1. The first-order valence-electron chi connectivity index (χ1n) is 11.3. The number of nitrogens with one attached hydrogen (secondary N) is 1. The van der Waals surface area contributed by atoms with Gasteiger partial charge in [0.15, 0.2) is 15.5 Å². The van der Waals surface area contributed by atoms with Crippen LogP contribution >= 0.6 is 23.2 Å². The van der Waals surface area contributed by atoms with Gasteiger partial charge in [-0.2, -0.15) is 5.26 Å². The average Bonchev–Trinajstić information content (AvgIpc) is 3.36. The molecule has 1 spiro atoms. The van der Waals surface area contributed by atoms with Gasteiger partial charge >= 0.3 is 0 Å². The van der Waals surface area contributed by atoms with Crippen molar-refractivity contribution < 1.29 is 17.6 Å². The van der Waals surface area contributed by atoms with Gasteiger partial charge < -0.3 is 10.2 Å². The molecule has 3 unspecified atom stereocenters. The lowest BCUT2D eigenvalue weighted by molar-refractivity contribution is -0.127. The molecule has 34 heavy (non-hydrogen) atoms. The van der Waals surface area contributed by atoms with E-state index in [9.17, 15) is 18.5 Å². The molecule has 0 aromatic heterocycles. The van der Waals surface area contributed by atoms with Gasteiger partial charge in [0.2, 0.25) is 5.91 Å². The predicted molar refractivity (Wildman–Crippen MR) is 127 cm³/mol. The van der Waals surface area contributed by atoms with E-state index < -0.39 is 43.7 Å². The number of likely N-dealkylation sites (tertiary alicyclic amines) is 1. The molecule has 1 amide bonds. The molecular formula is C24H24Cl2FN3O3S. The fourth-order valence-corrected chi connectivity index (χ4v) is 7.98. The topological polar surface area (TPSA) is 90.3 Å². The van der Waals surface area contributed by atoms with Crippen LogP contribution in [-0.4, -0.2) is 48.3 Å². The van der Waals surface area contributed by atoms with Crippen LogP contribution in [0.25, 0.3) is 0 Å². The van der Waals surface area contributed by atoms with Gasteiger partial charge in [0.05, 0.1) is 26.7 Å². The van der Waals surface area contributed by atoms with Crippen LogP contribution in [0.3, 0.4) is 0 Å². The molecule has 5 rings (SSSR count). The molecule has 1 saturated heterocycles. The van der Waals surface area contributed by atoms with Crippen molar-refractivity contribution in [2.24, 2.45) is 5.41 Å². The average molecular weight is 524 g/mol. The van der Waals surface area contributed by atoms with Crippen molar-refractivity contribution in [1.82, 2.24) is 10.2 Å². The van der Waals surface area contributed by atoms with Crippen molar-refractivity contribution >= 4 is 38.9 Å². The lowest BCUT2D eigenvalue weighted by atomic mass is 9.50. The smallest absolute Gasteiger partial charge is 0.243 e.